The minimum Gasteiger partial charge on any atom is -0.352 e. The first-order valence-electron chi connectivity index (χ1n) is 6.56. The summed E-state index contributed by atoms with van der Waals surface area (Å²) in [5.41, 5.74) is 1.87. The van der Waals surface area contributed by atoms with Crippen LogP contribution in [0.2, 0.25) is 0 Å². The highest BCUT2D eigenvalue weighted by molar-refractivity contribution is 5.96. The average molecular weight is 286 g/mol. The Morgan fingerprint density at radius 1 is 1.40 bits per heavy atom. The van der Waals surface area contributed by atoms with Gasteiger partial charge in [-0.2, -0.15) is 13.2 Å². The van der Waals surface area contributed by atoms with Crippen LogP contribution in [0.15, 0.2) is 18.2 Å². The molecule has 0 bridgehead atoms. The summed E-state index contributed by atoms with van der Waals surface area (Å²) in [7, 11) is 1.49. The van der Waals surface area contributed by atoms with Gasteiger partial charge in [-0.25, -0.2) is 0 Å². The molecule has 0 saturated carbocycles. The van der Waals surface area contributed by atoms with Gasteiger partial charge in [0.2, 0.25) is 0 Å². The third-order valence-electron chi connectivity index (χ3n) is 3.47. The lowest BCUT2D eigenvalue weighted by Crippen LogP contribution is -2.25. The molecule has 0 aliphatic carbocycles. The molecule has 2 rings (SSSR count). The van der Waals surface area contributed by atoms with Gasteiger partial charge in [0.05, 0.1) is 6.42 Å². The van der Waals surface area contributed by atoms with Crippen molar-refractivity contribution in [3.8, 4) is 0 Å². The highest BCUT2D eigenvalue weighted by atomic mass is 19.4. The second kappa shape index (κ2) is 5.83. The van der Waals surface area contributed by atoms with Crippen LogP contribution >= 0.6 is 0 Å². The Kier molecular flexibility index (Phi) is 4.32. The van der Waals surface area contributed by atoms with E-state index >= 15 is 0 Å². The number of halogens is 3. The zero-order valence-corrected chi connectivity index (χ0v) is 11.2. The van der Waals surface area contributed by atoms with Crippen LogP contribution in [-0.4, -0.2) is 25.7 Å². The van der Waals surface area contributed by atoms with Crippen molar-refractivity contribution < 1.29 is 18.0 Å². The number of fused-ring (bicyclic) bond motifs is 1. The van der Waals surface area contributed by atoms with E-state index in [1.165, 1.54) is 7.05 Å². The highest BCUT2D eigenvalue weighted by Gasteiger charge is 2.32. The first-order valence-corrected chi connectivity index (χ1v) is 6.56. The topological polar surface area (TPSA) is 41.1 Å². The van der Waals surface area contributed by atoms with Crippen LogP contribution in [0.3, 0.4) is 0 Å². The highest BCUT2D eigenvalue weighted by Crippen LogP contribution is 2.30. The molecular formula is C14H17F3N2O. The molecule has 1 aliphatic rings. The number of aryl methyl sites for hydroxylation is 1. The monoisotopic (exact) mass is 286 g/mol. The number of hydrogen-bond acceptors (Lipinski definition) is 2. The van der Waals surface area contributed by atoms with Crippen LogP contribution < -0.4 is 10.6 Å². The molecule has 110 valence electrons. The molecule has 2 N–H and O–H groups in total. The number of benzene rings is 1. The largest absolute Gasteiger partial charge is 0.390 e. The van der Waals surface area contributed by atoms with E-state index < -0.39 is 18.6 Å². The Morgan fingerprint density at radius 2 is 2.15 bits per heavy atom. The van der Waals surface area contributed by atoms with Crippen molar-refractivity contribution in [1.82, 2.24) is 10.6 Å². The summed E-state index contributed by atoms with van der Waals surface area (Å²) in [6.07, 6.45) is -3.60. The average Bonchev–Trinajstić information content (AvgIpc) is 2.57. The smallest absolute Gasteiger partial charge is 0.352 e. The van der Waals surface area contributed by atoms with Crippen LogP contribution in [-0.2, 0) is 6.42 Å². The van der Waals surface area contributed by atoms with E-state index in [9.17, 15) is 18.0 Å². The second-order valence-electron chi connectivity index (χ2n) is 4.94. The van der Waals surface area contributed by atoms with Gasteiger partial charge < -0.3 is 10.6 Å². The minimum atomic E-state index is -4.25. The Hall–Kier alpha value is -1.56. The fraction of sp³-hybridized carbons (Fsp3) is 0.500. The van der Waals surface area contributed by atoms with E-state index in [1.54, 1.807) is 18.2 Å². The summed E-state index contributed by atoms with van der Waals surface area (Å²) in [6.45, 7) is 0.598. The molecule has 1 aliphatic heterocycles. The molecular weight excluding hydrogens is 269 g/mol. The van der Waals surface area contributed by atoms with Crippen molar-refractivity contribution >= 4 is 5.91 Å². The summed E-state index contributed by atoms with van der Waals surface area (Å²) >= 11 is 0. The van der Waals surface area contributed by atoms with E-state index in [0.29, 0.717) is 17.7 Å². The summed E-state index contributed by atoms with van der Waals surface area (Å²) in [5, 5.41) is 5.41. The Labute approximate surface area is 115 Å². The molecule has 0 spiro atoms. The maximum absolute atomic E-state index is 12.5. The minimum absolute atomic E-state index is 0.207. The molecule has 1 amide bonds. The predicted octanol–water partition coefficient (Wildman–Crippen LogP) is 2.58. The Balaban J connectivity index is 2.31. The van der Waals surface area contributed by atoms with Crippen LogP contribution in [0.25, 0.3) is 0 Å². The number of hydrogen-bond donors (Lipinski definition) is 2. The van der Waals surface area contributed by atoms with Gasteiger partial charge >= 0.3 is 6.18 Å². The zero-order chi connectivity index (χ0) is 14.8. The van der Waals surface area contributed by atoms with Gasteiger partial charge in [0.15, 0.2) is 0 Å². The third kappa shape index (κ3) is 3.50. The first-order chi connectivity index (χ1) is 9.40. The van der Waals surface area contributed by atoms with E-state index in [2.05, 4.69) is 10.6 Å². The fourth-order valence-corrected chi connectivity index (χ4v) is 2.43. The third-order valence-corrected chi connectivity index (χ3v) is 3.47. The van der Waals surface area contributed by atoms with E-state index in [0.717, 1.165) is 18.4 Å². The van der Waals surface area contributed by atoms with E-state index in [1.807, 2.05) is 0 Å². The van der Waals surface area contributed by atoms with E-state index in [4.69, 9.17) is 0 Å². The second-order valence-corrected chi connectivity index (χ2v) is 4.94. The summed E-state index contributed by atoms with van der Waals surface area (Å²) in [6, 6.07) is 4.17. The number of carbonyl (C=O) groups is 1. The number of rotatable bonds is 3. The lowest BCUT2D eigenvalue weighted by atomic mass is 9.96. The quantitative estimate of drug-likeness (QED) is 0.896. The van der Waals surface area contributed by atoms with Crippen molar-refractivity contribution in [1.29, 1.82) is 0 Å². The number of nitrogens with one attached hydrogen (secondary N) is 2. The van der Waals surface area contributed by atoms with Crippen molar-refractivity contribution in [2.75, 3.05) is 13.6 Å². The summed E-state index contributed by atoms with van der Waals surface area (Å²) in [4.78, 5) is 11.9. The lowest BCUT2D eigenvalue weighted by Gasteiger charge is -2.19. The molecule has 0 saturated heterocycles. The SMILES string of the molecule is CNC(CC(F)(F)F)c1ccc2c(c1)C(=O)NCCC2. The molecule has 1 unspecified atom stereocenters. The number of carbonyl (C=O) groups excluding carboxylic acids is 1. The molecule has 0 fully saturated rings. The predicted molar refractivity (Wildman–Crippen MR) is 69.6 cm³/mol. The molecule has 0 radical (unpaired) electrons. The first kappa shape index (κ1) is 14.8. The maximum Gasteiger partial charge on any atom is 0.390 e. The molecule has 6 heteroatoms. The number of alkyl halides is 3. The number of amides is 1. The Bertz CT molecular complexity index is 500. The molecule has 20 heavy (non-hydrogen) atoms. The van der Waals surface area contributed by atoms with Gasteiger partial charge in [0.1, 0.15) is 0 Å². The van der Waals surface area contributed by atoms with Gasteiger partial charge in [-0.3, -0.25) is 4.79 Å². The standard InChI is InChI=1S/C14H17F3N2O/c1-18-12(8-14(15,16)17)10-5-4-9-3-2-6-19-13(20)11(9)7-10/h4-5,7,12,18H,2-3,6,8H2,1H3,(H,19,20). The van der Waals surface area contributed by atoms with Crippen LogP contribution in [0.5, 0.6) is 0 Å². The van der Waals surface area contributed by atoms with E-state index in [-0.39, 0.29) is 5.91 Å². The molecule has 1 heterocycles. The van der Waals surface area contributed by atoms with Crippen molar-refractivity contribution in [3.63, 3.8) is 0 Å². The molecule has 1 aromatic carbocycles. The summed E-state index contributed by atoms with van der Waals surface area (Å²) in [5.74, 6) is -0.207. The van der Waals surface area contributed by atoms with Gasteiger partial charge in [0, 0.05) is 18.2 Å². The van der Waals surface area contributed by atoms with Gasteiger partial charge in [0.25, 0.3) is 5.91 Å². The van der Waals surface area contributed by atoms with Crippen molar-refractivity contribution in [2.24, 2.45) is 0 Å². The zero-order valence-electron chi connectivity index (χ0n) is 11.2. The molecule has 3 nitrogen and oxygen atoms in total. The fourth-order valence-electron chi connectivity index (χ4n) is 2.43. The van der Waals surface area contributed by atoms with Crippen molar-refractivity contribution in [2.45, 2.75) is 31.5 Å². The normalized spacial score (nSPS) is 17.1. The van der Waals surface area contributed by atoms with Crippen LogP contribution in [0, 0.1) is 0 Å². The Morgan fingerprint density at radius 3 is 2.80 bits per heavy atom. The van der Waals surface area contributed by atoms with Crippen molar-refractivity contribution in [3.05, 3.63) is 34.9 Å². The van der Waals surface area contributed by atoms with Crippen LogP contribution in [0.4, 0.5) is 13.2 Å². The molecule has 0 aromatic heterocycles. The van der Waals surface area contributed by atoms with Gasteiger partial charge in [-0.1, -0.05) is 12.1 Å². The summed E-state index contributed by atoms with van der Waals surface area (Å²) < 4.78 is 37.6. The van der Waals surface area contributed by atoms with Gasteiger partial charge in [-0.05, 0) is 37.1 Å². The molecule has 1 aromatic rings. The maximum atomic E-state index is 12.5. The van der Waals surface area contributed by atoms with Crippen LogP contribution in [0.1, 0.15) is 40.4 Å². The van der Waals surface area contributed by atoms with Gasteiger partial charge in [-0.15, -0.1) is 0 Å². The molecule has 1 atom stereocenters. The lowest BCUT2D eigenvalue weighted by molar-refractivity contribution is -0.140.